The molecule has 174 valence electrons. The van der Waals surface area contributed by atoms with E-state index in [1.54, 1.807) is 26.0 Å². The number of aryl methyl sites for hydroxylation is 2. The summed E-state index contributed by atoms with van der Waals surface area (Å²) in [6.07, 6.45) is 5.48. The van der Waals surface area contributed by atoms with Gasteiger partial charge in [0.2, 0.25) is 15.9 Å². The third-order valence-corrected chi connectivity index (χ3v) is 8.22. The number of amides is 1. The van der Waals surface area contributed by atoms with E-state index in [2.05, 4.69) is 15.5 Å². The van der Waals surface area contributed by atoms with Crippen LogP contribution in [0.2, 0.25) is 0 Å². The molecular formula is C22H30N4O5S. The Morgan fingerprint density at radius 1 is 1.09 bits per heavy atom. The average molecular weight is 463 g/mol. The summed E-state index contributed by atoms with van der Waals surface area (Å²) in [7, 11) is -3.70. The molecule has 0 unspecified atom stereocenters. The number of carbonyl (C=O) groups excluding carboxylic acids is 1. The predicted octanol–water partition coefficient (Wildman–Crippen LogP) is 2.69. The second kappa shape index (κ2) is 9.29. The quantitative estimate of drug-likeness (QED) is 0.679. The number of carbonyl (C=O) groups is 1. The van der Waals surface area contributed by atoms with E-state index < -0.39 is 15.6 Å². The number of hydrogen-bond donors (Lipinski definition) is 1. The number of sulfonamides is 1. The van der Waals surface area contributed by atoms with Gasteiger partial charge in [0.1, 0.15) is 5.54 Å². The number of morpholine rings is 1. The first-order chi connectivity index (χ1) is 15.3. The van der Waals surface area contributed by atoms with Crippen LogP contribution in [0.1, 0.15) is 66.2 Å². The van der Waals surface area contributed by atoms with Crippen molar-refractivity contribution in [2.45, 2.75) is 62.8 Å². The highest BCUT2D eigenvalue weighted by molar-refractivity contribution is 7.89. The molecule has 4 rings (SSSR count). The smallest absolute Gasteiger partial charge is 0.252 e. The Kier molecular flexibility index (Phi) is 6.64. The monoisotopic (exact) mass is 462 g/mol. The third kappa shape index (κ3) is 4.57. The van der Waals surface area contributed by atoms with Gasteiger partial charge in [-0.05, 0) is 37.5 Å². The van der Waals surface area contributed by atoms with Gasteiger partial charge in [-0.15, -0.1) is 0 Å². The van der Waals surface area contributed by atoms with E-state index >= 15 is 0 Å². The first kappa shape index (κ1) is 22.9. The van der Waals surface area contributed by atoms with Crippen LogP contribution in [0, 0.1) is 13.8 Å². The van der Waals surface area contributed by atoms with Crippen LogP contribution in [0.25, 0.3) is 0 Å². The Morgan fingerprint density at radius 3 is 2.41 bits per heavy atom. The Morgan fingerprint density at radius 2 is 1.78 bits per heavy atom. The minimum absolute atomic E-state index is 0.112. The van der Waals surface area contributed by atoms with E-state index in [0.29, 0.717) is 62.0 Å². The second-order valence-corrected chi connectivity index (χ2v) is 10.5. The molecule has 1 aromatic carbocycles. The van der Waals surface area contributed by atoms with Crippen LogP contribution >= 0.6 is 0 Å². The van der Waals surface area contributed by atoms with Crippen molar-refractivity contribution in [1.29, 1.82) is 0 Å². The van der Waals surface area contributed by atoms with Crippen molar-refractivity contribution < 1.29 is 22.5 Å². The van der Waals surface area contributed by atoms with Crippen LogP contribution in [-0.2, 0) is 20.3 Å². The van der Waals surface area contributed by atoms with Crippen molar-refractivity contribution in [2.75, 3.05) is 26.3 Å². The van der Waals surface area contributed by atoms with E-state index in [-0.39, 0.29) is 10.8 Å². The van der Waals surface area contributed by atoms with Crippen LogP contribution in [0.5, 0.6) is 0 Å². The lowest BCUT2D eigenvalue weighted by molar-refractivity contribution is 0.0730. The molecule has 2 heterocycles. The van der Waals surface area contributed by atoms with Crippen molar-refractivity contribution in [1.82, 2.24) is 19.8 Å². The zero-order valence-electron chi connectivity index (χ0n) is 18.6. The van der Waals surface area contributed by atoms with E-state index in [4.69, 9.17) is 9.26 Å². The molecule has 1 aromatic heterocycles. The maximum atomic E-state index is 13.5. The number of rotatable bonds is 5. The molecule has 0 radical (unpaired) electrons. The fourth-order valence-electron chi connectivity index (χ4n) is 4.46. The summed E-state index contributed by atoms with van der Waals surface area (Å²) < 4.78 is 38.1. The summed E-state index contributed by atoms with van der Waals surface area (Å²) >= 11 is 0. The maximum Gasteiger partial charge on any atom is 0.252 e. The molecule has 32 heavy (non-hydrogen) atoms. The number of nitrogens with one attached hydrogen (secondary N) is 1. The molecule has 1 aliphatic heterocycles. The second-order valence-electron chi connectivity index (χ2n) is 8.58. The van der Waals surface area contributed by atoms with Gasteiger partial charge in [-0.2, -0.15) is 9.29 Å². The SMILES string of the molecule is Cc1nc(C2(NC(=O)c3cc(S(=O)(=O)N4CCOCC4)ccc3C)CCCCCC2)no1. The molecule has 2 aliphatic rings. The third-order valence-electron chi connectivity index (χ3n) is 6.33. The standard InChI is InChI=1S/C22H30N4O5S/c1-16-7-8-18(32(28,29)26-11-13-30-14-12-26)15-19(16)20(27)24-22(9-5-3-4-6-10-22)21-23-17(2)31-25-21/h7-8,15H,3-6,9-14H2,1-2H3,(H,24,27). The molecule has 0 atom stereocenters. The van der Waals surface area contributed by atoms with Crippen LogP contribution in [0.4, 0.5) is 0 Å². The molecule has 10 heteroatoms. The summed E-state index contributed by atoms with van der Waals surface area (Å²) in [6, 6.07) is 4.71. The minimum atomic E-state index is -3.70. The molecule has 1 saturated heterocycles. The Hall–Kier alpha value is -2.30. The number of aromatic nitrogens is 2. The molecule has 1 amide bonds. The summed E-state index contributed by atoms with van der Waals surface area (Å²) in [5.41, 5.74) is 0.316. The van der Waals surface area contributed by atoms with Crippen molar-refractivity contribution in [3.8, 4) is 0 Å². The van der Waals surface area contributed by atoms with Crippen molar-refractivity contribution in [2.24, 2.45) is 0 Å². The largest absolute Gasteiger partial charge is 0.379 e. The first-order valence-electron chi connectivity index (χ1n) is 11.1. The molecule has 0 spiro atoms. The molecule has 2 aromatic rings. The average Bonchev–Trinajstić information content (AvgIpc) is 3.09. The first-order valence-corrected chi connectivity index (χ1v) is 12.6. The zero-order chi connectivity index (χ0) is 22.8. The Bertz CT molecular complexity index is 1070. The molecule has 9 nitrogen and oxygen atoms in total. The van der Waals surface area contributed by atoms with Crippen LogP contribution in [-0.4, -0.2) is 55.1 Å². The van der Waals surface area contributed by atoms with Crippen molar-refractivity contribution in [3.05, 3.63) is 41.0 Å². The molecular weight excluding hydrogens is 432 g/mol. The molecule has 1 aliphatic carbocycles. The van der Waals surface area contributed by atoms with Gasteiger partial charge in [0.15, 0.2) is 5.82 Å². The van der Waals surface area contributed by atoms with Gasteiger partial charge in [-0.3, -0.25) is 4.79 Å². The van der Waals surface area contributed by atoms with Gasteiger partial charge >= 0.3 is 0 Å². The van der Waals surface area contributed by atoms with Gasteiger partial charge in [0.25, 0.3) is 5.91 Å². The predicted molar refractivity (Wildman–Crippen MR) is 117 cm³/mol. The summed E-state index contributed by atoms with van der Waals surface area (Å²) in [5, 5.41) is 7.29. The van der Waals surface area contributed by atoms with Crippen molar-refractivity contribution in [3.63, 3.8) is 0 Å². The van der Waals surface area contributed by atoms with Crippen LogP contribution in [0.3, 0.4) is 0 Å². The lowest BCUT2D eigenvalue weighted by Crippen LogP contribution is -2.46. The summed E-state index contributed by atoms with van der Waals surface area (Å²) in [4.78, 5) is 18.0. The molecule has 1 saturated carbocycles. The number of nitrogens with zero attached hydrogens (tertiary/aromatic N) is 3. The lowest BCUT2D eigenvalue weighted by Gasteiger charge is -2.31. The van der Waals surface area contributed by atoms with E-state index in [0.717, 1.165) is 25.7 Å². The van der Waals surface area contributed by atoms with E-state index in [9.17, 15) is 13.2 Å². The van der Waals surface area contributed by atoms with Gasteiger partial charge < -0.3 is 14.6 Å². The number of benzene rings is 1. The summed E-state index contributed by atoms with van der Waals surface area (Å²) in [5.74, 6) is 0.610. The van der Waals surface area contributed by atoms with Crippen LogP contribution in [0.15, 0.2) is 27.6 Å². The minimum Gasteiger partial charge on any atom is -0.379 e. The lowest BCUT2D eigenvalue weighted by atomic mass is 9.88. The highest BCUT2D eigenvalue weighted by Gasteiger charge is 2.39. The molecule has 0 bridgehead atoms. The van der Waals surface area contributed by atoms with Crippen molar-refractivity contribution >= 4 is 15.9 Å². The fraction of sp³-hybridized carbons (Fsp3) is 0.591. The topological polar surface area (TPSA) is 115 Å². The normalized spacial score (nSPS) is 19.9. The van der Waals surface area contributed by atoms with Gasteiger partial charge in [0.05, 0.1) is 18.1 Å². The van der Waals surface area contributed by atoms with E-state index in [1.807, 2.05) is 0 Å². The zero-order valence-corrected chi connectivity index (χ0v) is 19.4. The maximum absolute atomic E-state index is 13.5. The van der Waals surface area contributed by atoms with Crippen LogP contribution < -0.4 is 5.32 Å². The molecule has 1 N–H and O–H groups in total. The van der Waals surface area contributed by atoms with Gasteiger partial charge in [-0.25, -0.2) is 8.42 Å². The number of hydrogen-bond acceptors (Lipinski definition) is 7. The fourth-order valence-corrected chi connectivity index (χ4v) is 5.89. The van der Waals surface area contributed by atoms with Gasteiger partial charge in [-0.1, -0.05) is 36.9 Å². The molecule has 2 fully saturated rings. The van der Waals surface area contributed by atoms with Gasteiger partial charge in [0, 0.05) is 25.6 Å². The summed E-state index contributed by atoms with van der Waals surface area (Å²) in [6.45, 7) is 4.87. The Balaban J connectivity index is 1.65. The highest BCUT2D eigenvalue weighted by atomic mass is 32.2. The highest BCUT2D eigenvalue weighted by Crippen LogP contribution is 2.35. The Labute approximate surface area is 188 Å². The van der Waals surface area contributed by atoms with E-state index in [1.165, 1.54) is 10.4 Å². The number of ether oxygens (including phenoxy) is 1.